The third kappa shape index (κ3) is 4.88. The van der Waals surface area contributed by atoms with Gasteiger partial charge in [-0.15, -0.1) is 0 Å². The molecule has 3 nitrogen and oxygen atoms in total. The highest BCUT2D eigenvalue weighted by Gasteiger charge is 2.12. The number of hydrogen-bond acceptors (Lipinski definition) is 3. The number of esters is 1. The molecule has 4 heteroatoms. The fourth-order valence-electron chi connectivity index (χ4n) is 1.38. The number of halogens is 1. The molecule has 0 N–H and O–H groups in total. The van der Waals surface area contributed by atoms with Gasteiger partial charge in [0.05, 0.1) is 19.6 Å². The highest BCUT2D eigenvalue weighted by Crippen LogP contribution is 2.16. The van der Waals surface area contributed by atoms with Crippen LogP contribution in [0, 0.1) is 5.92 Å². The number of methoxy groups -OCH3 is 1. The van der Waals surface area contributed by atoms with Crippen LogP contribution in [0.15, 0.2) is 28.7 Å². The van der Waals surface area contributed by atoms with E-state index in [9.17, 15) is 4.79 Å². The molecule has 0 aliphatic carbocycles. The van der Waals surface area contributed by atoms with Crippen LogP contribution >= 0.6 is 15.9 Å². The minimum absolute atomic E-state index is 0.112. The van der Waals surface area contributed by atoms with Crippen molar-refractivity contribution in [2.75, 3.05) is 13.7 Å². The van der Waals surface area contributed by atoms with Gasteiger partial charge in [-0.2, -0.15) is 0 Å². The molecule has 0 aliphatic heterocycles. The summed E-state index contributed by atoms with van der Waals surface area (Å²) in [6, 6.07) is 7.93. The molecule has 1 unspecified atom stereocenters. The van der Waals surface area contributed by atoms with Crippen LogP contribution in [0.25, 0.3) is 0 Å². The summed E-state index contributed by atoms with van der Waals surface area (Å²) in [6.07, 6.45) is 0.678. The Hall–Kier alpha value is -0.870. The second-order valence-electron chi connectivity index (χ2n) is 3.86. The molecule has 0 amide bonds. The average Bonchev–Trinajstić information content (AvgIpc) is 2.35. The van der Waals surface area contributed by atoms with E-state index >= 15 is 0 Å². The Kier molecular flexibility index (Phi) is 6.22. The molecule has 94 valence electrons. The predicted molar refractivity (Wildman–Crippen MR) is 69.6 cm³/mol. The molecule has 0 fully saturated rings. The highest BCUT2D eigenvalue weighted by molar-refractivity contribution is 9.10. The largest absolute Gasteiger partial charge is 0.469 e. The maximum absolute atomic E-state index is 11.1. The van der Waals surface area contributed by atoms with Crippen molar-refractivity contribution in [3.05, 3.63) is 34.3 Å². The Morgan fingerprint density at radius 3 is 2.76 bits per heavy atom. The van der Waals surface area contributed by atoms with Crippen LogP contribution in [0.1, 0.15) is 18.9 Å². The first kappa shape index (κ1) is 14.2. The summed E-state index contributed by atoms with van der Waals surface area (Å²) < 4.78 is 11.2. The molecule has 0 bridgehead atoms. The van der Waals surface area contributed by atoms with Crippen molar-refractivity contribution in [3.63, 3.8) is 0 Å². The average molecular weight is 301 g/mol. The Morgan fingerprint density at radius 2 is 2.12 bits per heavy atom. The van der Waals surface area contributed by atoms with Crippen molar-refractivity contribution >= 4 is 21.9 Å². The molecule has 1 aromatic rings. The number of carbonyl (C=O) groups excluding carboxylic acids is 1. The Bertz CT molecular complexity index is 365. The van der Waals surface area contributed by atoms with Gasteiger partial charge >= 0.3 is 5.97 Å². The summed E-state index contributed by atoms with van der Waals surface area (Å²) in [6.45, 7) is 2.94. The Morgan fingerprint density at radius 1 is 1.41 bits per heavy atom. The molecular weight excluding hydrogens is 284 g/mol. The minimum Gasteiger partial charge on any atom is -0.469 e. The first-order valence-electron chi connectivity index (χ1n) is 5.54. The monoisotopic (exact) mass is 300 g/mol. The zero-order chi connectivity index (χ0) is 12.7. The molecule has 0 saturated heterocycles. The summed E-state index contributed by atoms with van der Waals surface area (Å²) in [4.78, 5) is 11.1. The standard InChI is InChI=1S/C13H17BrO3/c1-10(13(15)16-2)7-8-17-9-11-5-3-4-6-12(11)14/h3-6,10H,7-9H2,1-2H3. The van der Waals surface area contributed by atoms with Gasteiger partial charge in [0, 0.05) is 11.1 Å². The van der Waals surface area contributed by atoms with Gasteiger partial charge in [0.2, 0.25) is 0 Å². The molecule has 1 atom stereocenters. The topological polar surface area (TPSA) is 35.5 Å². The number of ether oxygens (including phenoxy) is 2. The molecule has 0 aromatic heterocycles. The zero-order valence-electron chi connectivity index (χ0n) is 10.1. The van der Waals surface area contributed by atoms with Gasteiger partial charge in [-0.3, -0.25) is 4.79 Å². The van der Waals surface area contributed by atoms with E-state index in [-0.39, 0.29) is 11.9 Å². The van der Waals surface area contributed by atoms with Crippen LogP contribution in [0.5, 0.6) is 0 Å². The normalized spacial score (nSPS) is 12.2. The highest BCUT2D eigenvalue weighted by atomic mass is 79.9. The van der Waals surface area contributed by atoms with E-state index in [1.54, 1.807) is 0 Å². The third-order valence-electron chi connectivity index (χ3n) is 2.51. The first-order valence-corrected chi connectivity index (χ1v) is 6.33. The summed E-state index contributed by atoms with van der Waals surface area (Å²) in [5, 5.41) is 0. The van der Waals surface area contributed by atoms with E-state index in [2.05, 4.69) is 20.7 Å². The minimum atomic E-state index is -0.186. The summed E-state index contributed by atoms with van der Waals surface area (Å²) in [5.41, 5.74) is 1.11. The Balaban J connectivity index is 2.25. The van der Waals surface area contributed by atoms with Crippen molar-refractivity contribution in [2.45, 2.75) is 20.0 Å². The lowest BCUT2D eigenvalue weighted by Gasteiger charge is -2.10. The van der Waals surface area contributed by atoms with Crippen molar-refractivity contribution in [1.29, 1.82) is 0 Å². The van der Waals surface area contributed by atoms with Crippen molar-refractivity contribution in [1.82, 2.24) is 0 Å². The van der Waals surface area contributed by atoms with Crippen molar-refractivity contribution < 1.29 is 14.3 Å². The van der Waals surface area contributed by atoms with Crippen LogP contribution in [0.2, 0.25) is 0 Å². The second-order valence-corrected chi connectivity index (χ2v) is 4.71. The number of rotatable bonds is 6. The fraction of sp³-hybridized carbons (Fsp3) is 0.462. The maximum Gasteiger partial charge on any atom is 0.308 e. The van der Waals surface area contributed by atoms with Gasteiger partial charge in [0.15, 0.2) is 0 Å². The molecule has 0 aliphatic rings. The van der Waals surface area contributed by atoms with E-state index < -0.39 is 0 Å². The molecule has 0 heterocycles. The molecule has 1 rings (SSSR count). The molecule has 0 radical (unpaired) electrons. The quantitative estimate of drug-likeness (QED) is 0.598. The van der Waals surface area contributed by atoms with E-state index in [1.807, 2.05) is 31.2 Å². The SMILES string of the molecule is COC(=O)C(C)CCOCc1ccccc1Br. The van der Waals surface area contributed by atoms with Crippen molar-refractivity contribution in [2.24, 2.45) is 5.92 Å². The number of carbonyl (C=O) groups is 1. The molecule has 0 spiro atoms. The van der Waals surface area contributed by atoms with Gasteiger partial charge in [-0.1, -0.05) is 41.1 Å². The molecule has 17 heavy (non-hydrogen) atoms. The Labute approximate surface area is 110 Å². The first-order chi connectivity index (χ1) is 8.15. The summed E-state index contributed by atoms with van der Waals surface area (Å²) in [7, 11) is 1.40. The lowest BCUT2D eigenvalue weighted by molar-refractivity contribution is -0.145. The number of hydrogen-bond donors (Lipinski definition) is 0. The second kappa shape index (κ2) is 7.45. The van der Waals surface area contributed by atoms with E-state index in [4.69, 9.17) is 4.74 Å². The van der Waals surface area contributed by atoms with Crippen molar-refractivity contribution in [3.8, 4) is 0 Å². The zero-order valence-corrected chi connectivity index (χ0v) is 11.7. The summed E-state index contributed by atoms with van der Waals surface area (Å²) in [5.74, 6) is -0.297. The molecule has 1 aromatic carbocycles. The number of benzene rings is 1. The third-order valence-corrected chi connectivity index (χ3v) is 3.29. The van der Waals surface area contributed by atoms with Gasteiger partial charge in [0.1, 0.15) is 0 Å². The molecular formula is C13H17BrO3. The van der Waals surface area contributed by atoms with Crippen LogP contribution < -0.4 is 0 Å². The smallest absolute Gasteiger partial charge is 0.308 e. The maximum atomic E-state index is 11.1. The van der Waals surface area contributed by atoms with Crippen LogP contribution in [0.4, 0.5) is 0 Å². The lowest BCUT2D eigenvalue weighted by atomic mass is 10.1. The van der Waals surface area contributed by atoms with Crippen LogP contribution in [-0.4, -0.2) is 19.7 Å². The van der Waals surface area contributed by atoms with Crippen LogP contribution in [-0.2, 0) is 20.9 Å². The van der Waals surface area contributed by atoms with Gasteiger partial charge in [-0.05, 0) is 18.1 Å². The van der Waals surface area contributed by atoms with Gasteiger partial charge in [-0.25, -0.2) is 0 Å². The molecule has 0 saturated carbocycles. The van der Waals surface area contributed by atoms with Crippen LogP contribution in [0.3, 0.4) is 0 Å². The summed E-state index contributed by atoms with van der Waals surface area (Å²) >= 11 is 3.46. The van der Waals surface area contributed by atoms with E-state index in [0.717, 1.165) is 10.0 Å². The van der Waals surface area contributed by atoms with E-state index in [1.165, 1.54) is 7.11 Å². The predicted octanol–water partition coefficient (Wildman–Crippen LogP) is 3.16. The van der Waals surface area contributed by atoms with E-state index in [0.29, 0.717) is 19.6 Å². The van der Waals surface area contributed by atoms with Gasteiger partial charge in [0.25, 0.3) is 0 Å². The lowest BCUT2D eigenvalue weighted by Crippen LogP contribution is -2.14. The van der Waals surface area contributed by atoms with Gasteiger partial charge < -0.3 is 9.47 Å². The fourth-order valence-corrected chi connectivity index (χ4v) is 1.78.